The Morgan fingerprint density at radius 3 is 1.74 bits per heavy atom. The Hall–Kier alpha value is -1.70. The molecule has 0 radical (unpaired) electrons. The van der Waals surface area contributed by atoms with Crippen molar-refractivity contribution < 1.29 is 9.59 Å². The molecule has 0 bridgehead atoms. The summed E-state index contributed by atoms with van der Waals surface area (Å²) in [5.41, 5.74) is 0. The molecule has 0 spiro atoms. The molecule has 0 saturated carbocycles. The fourth-order valence-corrected chi connectivity index (χ4v) is 2.13. The predicted molar refractivity (Wildman–Crippen MR) is 99.5 cm³/mol. The molecule has 128 valence electrons. The third kappa shape index (κ3) is 16.5. The molecule has 0 rings (SSSR count). The van der Waals surface area contributed by atoms with Crippen molar-refractivity contribution in [2.24, 2.45) is 0 Å². The van der Waals surface area contributed by atoms with E-state index < -0.39 is 0 Å². The molecule has 0 fully saturated rings. The number of allylic oxidation sites excluding steroid dienone is 7. The maximum Gasteiger partial charge on any atom is 0.177 e. The topological polar surface area (TPSA) is 34.1 Å². The Bertz CT molecular complexity index is 414. The monoisotopic (exact) mass is 316 g/mol. The van der Waals surface area contributed by atoms with Crippen LogP contribution in [0.15, 0.2) is 49.1 Å². The normalized spacial score (nSPS) is 11.7. The molecular formula is C21H32O2. The number of hydrogen-bond donors (Lipinski definition) is 0. The van der Waals surface area contributed by atoms with E-state index in [1.54, 1.807) is 18.2 Å². The van der Waals surface area contributed by atoms with Crippen LogP contribution in [-0.4, -0.2) is 11.6 Å². The molecule has 23 heavy (non-hydrogen) atoms. The smallest absolute Gasteiger partial charge is 0.177 e. The maximum absolute atomic E-state index is 11.6. The van der Waals surface area contributed by atoms with Crippen LogP contribution in [0, 0.1) is 0 Å². The second-order valence-electron chi connectivity index (χ2n) is 5.70. The van der Waals surface area contributed by atoms with Crippen LogP contribution < -0.4 is 0 Å². The number of rotatable bonds is 15. The second-order valence-corrected chi connectivity index (χ2v) is 5.70. The van der Waals surface area contributed by atoms with Gasteiger partial charge in [0.15, 0.2) is 11.6 Å². The molecular weight excluding hydrogens is 284 g/mol. The van der Waals surface area contributed by atoms with Crippen molar-refractivity contribution >= 4 is 11.6 Å². The molecule has 0 unspecified atom stereocenters. The number of ketones is 2. The highest BCUT2D eigenvalue weighted by molar-refractivity contribution is 5.99. The number of carbonyl (C=O) groups is 2. The quantitative estimate of drug-likeness (QED) is 0.278. The Morgan fingerprint density at radius 2 is 1.17 bits per heavy atom. The van der Waals surface area contributed by atoms with Crippen LogP contribution in [0.5, 0.6) is 0 Å². The molecule has 0 aromatic heterocycles. The fourth-order valence-electron chi connectivity index (χ4n) is 2.13. The average Bonchev–Trinajstić information content (AvgIpc) is 2.56. The van der Waals surface area contributed by atoms with Crippen molar-refractivity contribution in [3.8, 4) is 0 Å². The Morgan fingerprint density at radius 1 is 0.696 bits per heavy atom. The van der Waals surface area contributed by atoms with E-state index in [1.165, 1.54) is 57.1 Å². The first kappa shape index (κ1) is 21.3. The van der Waals surface area contributed by atoms with Crippen LogP contribution in [0.25, 0.3) is 0 Å². The predicted octanol–water partition coefficient (Wildman–Crippen LogP) is 5.90. The molecule has 2 nitrogen and oxygen atoms in total. The molecule has 0 atom stereocenters. The Balaban J connectivity index is 3.57. The average molecular weight is 316 g/mol. The third-order valence-electron chi connectivity index (χ3n) is 3.52. The molecule has 0 heterocycles. The van der Waals surface area contributed by atoms with Gasteiger partial charge in [0.25, 0.3) is 0 Å². The number of unbranched alkanes of at least 4 members (excludes halogenated alkanes) is 8. The van der Waals surface area contributed by atoms with Gasteiger partial charge < -0.3 is 0 Å². The Labute approximate surface area is 142 Å². The zero-order valence-corrected chi connectivity index (χ0v) is 14.6. The minimum atomic E-state index is -0.0849. The lowest BCUT2D eigenvalue weighted by Gasteiger charge is -1.98. The highest BCUT2D eigenvalue weighted by Crippen LogP contribution is 2.08. The molecule has 0 aromatic rings. The van der Waals surface area contributed by atoms with Crippen LogP contribution in [0.1, 0.15) is 71.1 Å². The summed E-state index contributed by atoms with van der Waals surface area (Å²) in [5.74, 6) is -0.0440. The van der Waals surface area contributed by atoms with Gasteiger partial charge in [-0.15, -0.1) is 0 Å². The van der Waals surface area contributed by atoms with Gasteiger partial charge in [0.2, 0.25) is 0 Å². The lowest BCUT2D eigenvalue weighted by Crippen LogP contribution is -1.85. The lowest BCUT2D eigenvalue weighted by atomic mass is 10.1. The van der Waals surface area contributed by atoms with Crippen molar-refractivity contribution in [2.45, 2.75) is 71.1 Å². The van der Waals surface area contributed by atoms with Crippen LogP contribution >= 0.6 is 0 Å². The molecule has 0 aliphatic heterocycles. The standard InChI is InChI=1S/C21H32O2/c1-3-5-6-7-8-9-10-11-15-18-21(23)19-16-13-12-14-17-20(22)4-2/h4,14-19H,2-3,5-13H2,1H3. The SMILES string of the molecule is C=CC(=O)C=CCCC=CC(=O)C=CCCCCCCCCC. The summed E-state index contributed by atoms with van der Waals surface area (Å²) in [6.45, 7) is 5.63. The van der Waals surface area contributed by atoms with Crippen molar-refractivity contribution in [2.75, 3.05) is 0 Å². The van der Waals surface area contributed by atoms with Crippen molar-refractivity contribution in [1.29, 1.82) is 0 Å². The summed E-state index contributed by atoms with van der Waals surface area (Å²) in [4.78, 5) is 22.5. The third-order valence-corrected chi connectivity index (χ3v) is 3.52. The van der Waals surface area contributed by atoms with E-state index in [0.29, 0.717) is 0 Å². The van der Waals surface area contributed by atoms with E-state index in [9.17, 15) is 9.59 Å². The van der Waals surface area contributed by atoms with Gasteiger partial charge in [-0.3, -0.25) is 9.59 Å². The van der Waals surface area contributed by atoms with E-state index in [4.69, 9.17) is 0 Å². The van der Waals surface area contributed by atoms with E-state index in [-0.39, 0.29) is 11.6 Å². The number of carbonyl (C=O) groups excluding carboxylic acids is 2. The van der Waals surface area contributed by atoms with Gasteiger partial charge >= 0.3 is 0 Å². The van der Waals surface area contributed by atoms with E-state index in [1.807, 2.05) is 12.2 Å². The summed E-state index contributed by atoms with van der Waals surface area (Å²) in [5, 5.41) is 0. The van der Waals surface area contributed by atoms with Gasteiger partial charge in [-0.2, -0.15) is 0 Å². The summed E-state index contributed by atoms with van der Waals surface area (Å²) in [6, 6.07) is 0. The zero-order chi connectivity index (χ0) is 17.2. The van der Waals surface area contributed by atoms with E-state index in [2.05, 4.69) is 13.5 Å². The largest absolute Gasteiger partial charge is 0.290 e. The minimum Gasteiger partial charge on any atom is -0.290 e. The first-order valence-corrected chi connectivity index (χ1v) is 8.90. The first-order chi connectivity index (χ1) is 11.2. The molecule has 0 N–H and O–H groups in total. The lowest BCUT2D eigenvalue weighted by molar-refractivity contribution is -0.111. The summed E-state index contributed by atoms with van der Waals surface area (Å²) in [6.07, 6.45) is 23.2. The van der Waals surface area contributed by atoms with Crippen molar-refractivity contribution in [1.82, 2.24) is 0 Å². The van der Waals surface area contributed by atoms with Gasteiger partial charge in [-0.25, -0.2) is 0 Å². The van der Waals surface area contributed by atoms with E-state index in [0.717, 1.165) is 19.3 Å². The van der Waals surface area contributed by atoms with Crippen LogP contribution in [0.4, 0.5) is 0 Å². The second kappa shape index (κ2) is 16.7. The van der Waals surface area contributed by atoms with Crippen LogP contribution in [-0.2, 0) is 9.59 Å². The zero-order valence-electron chi connectivity index (χ0n) is 14.6. The summed E-state index contributed by atoms with van der Waals surface area (Å²) < 4.78 is 0. The van der Waals surface area contributed by atoms with Gasteiger partial charge in [-0.1, -0.05) is 70.3 Å². The molecule has 0 aliphatic carbocycles. The minimum absolute atomic E-state index is 0.0408. The van der Waals surface area contributed by atoms with Crippen LogP contribution in [0.3, 0.4) is 0 Å². The van der Waals surface area contributed by atoms with Gasteiger partial charge in [0.05, 0.1) is 0 Å². The van der Waals surface area contributed by atoms with Crippen molar-refractivity contribution in [3.63, 3.8) is 0 Å². The number of hydrogen-bond acceptors (Lipinski definition) is 2. The molecule has 0 saturated heterocycles. The highest BCUT2D eigenvalue weighted by Gasteiger charge is 1.91. The van der Waals surface area contributed by atoms with Crippen molar-refractivity contribution in [3.05, 3.63) is 49.1 Å². The van der Waals surface area contributed by atoms with E-state index >= 15 is 0 Å². The van der Waals surface area contributed by atoms with Gasteiger partial charge in [-0.05, 0) is 50.0 Å². The van der Waals surface area contributed by atoms with Gasteiger partial charge in [0.1, 0.15) is 0 Å². The first-order valence-electron chi connectivity index (χ1n) is 8.90. The molecule has 0 aromatic carbocycles. The van der Waals surface area contributed by atoms with Gasteiger partial charge in [0, 0.05) is 0 Å². The maximum atomic E-state index is 11.6. The molecule has 2 heteroatoms. The summed E-state index contributed by atoms with van der Waals surface area (Å²) in [7, 11) is 0. The Kier molecular flexibility index (Phi) is 15.4. The molecule has 0 aliphatic rings. The fraction of sp³-hybridized carbons (Fsp3) is 0.524. The highest BCUT2D eigenvalue weighted by atomic mass is 16.1. The summed E-state index contributed by atoms with van der Waals surface area (Å²) >= 11 is 0. The molecule has 0 amide bonds. The van der Waals surface area contributed by atoms with Crippen LogP contribution in [0.2, 0.25) is 0 Å².